The minimum atomic E-state index is -0.0424. The normalized spacial score (nSPS) is 9.43. The number of nitrogens with one attached hydrogen (secondary N) is 1. The van der Waals surface area contributed by atoms with Gasteiger partial charge >= 0.3 is 0 Å². The Kier molecular flexibility index (Phi) is 9.35. The van der Waals surface area contributed by atoms with Crippen molar-refractivity contribution in [2.45, 2.75) is 32.6 Å². The van der Waals surface area contributed by atoms with Crippen LogP contribution in [0.5, 0.6) is 0 Å². The van der Waals surface area contributed by atoms with Gasteiger partial charge in [-0.15, -0.1) is 12.3 Å². The Morgan fingerprint density at radius 3 is 2.93 bits per heavy atom. The van der Waals surface area contributed by atoms with Crippen LogP contribution in [0.25, 0.3) is 0 Å². The molecule has 0 aliphatic carbocycles. The average Bonchev–Trinajstić information content (AvgIpc) is 2.18. The SMILES string of the molecule is C#CCCCCNC(=O)COCCC. The number of rotatable bonds is 8. The van der Waals surface area contributed by atoms with Crippen LogP contribution < -0.4 is 5.32 Å². The highest BCUT2D eigenvalue weighted by Crippen LogP contribution is 1.91. The van der Waals surface area contributed by atoms with Gasteiger partial charge in [-0.25, -0.2) is 0 Å². The van der Waals surface area contributed by atoms with Crippen molar-refractivity contribution >= 4 is 5.91 Å². The Morgan fingerprint density at radius 1 is 1.50 bits per heavy atom. The van der Waals surface area contributed by atoms with Gasteiger partial charge in [0, 0.05) is 19.6 Å². The molecule has 0 aliphatic rings. The molecule has 0 bridgehead atoms. The predicted molar refractivity (Wildman–Crippen MR) is 56.8 cm³/mol. The summed E-state index contributed by atoms with van der Waals surface area (Å²) in [7, 11) is 0. The maximum absolute atomic E-state index is 11.1. The van der Waals surface area contributed by atoms with E-state index in [4.69, 9.17) is 11.2 Å². The average molecular weight is 197 g/mol. The zero-order chi connectivity index (χ0) is 10.6. The van der Waals surface area contributed by atoms with Gasteiger partial charge in [0.05, 0.1) is 0 Å². The van der Waals surface area contributed by atoms with E-state index in [1.807, 2.05) is 6.92 Å². The van der Waals surface area contributed by atoms with Gasteiger partial charge in [-0.1, -0.05) is 6.92 Å². The van der Waals surface area contributed by atoms with E-state index < -0.39 is 0 Å². The lowest BCUT2D eigenvalue weighted by Gasteiger charge is -2.04. The Balaban J connectivity index is 3.15. The molecule has 0 spiro atoms. The highest BCUT2D eigenvalue weighted by molar-refractivity contribution is 5.77. The van der Waals surface area contributed by atoms with Gasteiger partial charge in [-0.3, -0.25) is 4.79 Å². The van der Waals surface area contributed by atoms with Crippen molar-refractivity contribution in [1.29, 1.82) is 0 Å². The number of carbonyl (C=O) groups is 1. The van der Waals surface area contributed by atoms with Crippen LogP contribution in [-0.2, 0) is 9.53 Å². The molecule has 0 heterocycles. The van der Waals surface area contributed by atoms with E-state index in [0.29, 0.717) is 13.2 Å². The maximum atomic E-state index is 11.1. The van der Waals surface area contributed by atoms with E-state index >= 15 is 0 Å². The summed E-state index contributed by atoms with van der Waals surface area (Å²) in [5, 5.41) is 2.77. The topological polar surface area (TPSA) is 38.3 Å². The second-order valence-corrected chi connectivity index (χ2v) is 3.06. The van der Waals surface area contributed by atoms with E-state index in [9.17, 15) is 4.79 Å². The monoisotopic (exact) mass is 197 g/mol. The molecule has 0 saturated heterocycles. The Hall–Kier alpha value is -1.01. The quantitative estimate of drug-likeness (QED) is 0.471. The lowest BCUT2D eigenvalue weighted by Crippen LogP contribution is -2.28. The van der Waals surface area contributed by atoms with Crippen LogP contribution in [0.3, 0.4) is 0 Å². The van der Waals surface area contributed by atoms with Crippen LogP contribution >= 0.6 is 0 Å². The van der Waals surface area contributed by atoms with Crippen LogP contribution in [0.2, 0.25) is 0 Å². The number of amides is 1. The molecule has 0 saturated carbocycles. The predicted octanol–water partition coefficient (Wildman–Crippen LogP) is 1.33. The molecule has 1 N–H and O–H groups in total. The fourth-order valence-electron chi connectivity index (χ4n) is 0.940. The Morgan fingerprint density at radius 2 is 2.29 bits per heavy atom. The Bertz CT molecular complexity index is 184. The molecule has 3 heteroatoms. The van der Waals surface area contributed by atoms with Crippen LogP contribution in [0.4, 0.5) is 0 Å². The molecule has 0 unspecified atom stereocenters. The second kappa shape index (κ2) is 10.1. The highest BCUT2D eigenvalue weighted by Gasteiger charge is 1.98. The molecular weight excluding hydrogens is 178 g/mol. The summed E-state index contributed by atoms with van der Waals surface area (Å²) in [5.74, 6) is 2.52. The number of terminal acetylenes is 1. The van der Waals surface area contributed by atoms with Crippen molar-refractivity contribution < 1.29 is 9.53 Å². The molecule has 14 heavy (non-hydrogen) atoms. The molecule has 0 aliphatic heterocycles. The van der Waals surface area contributed by atoms with Crippen LogP contribution in [-0.4, -0.2) is 25.7 Å². The van der Waals surface area contributed by atoms with Crippen molar-refractivity contribution in [3.05, 3.63) is 0 Å². The third-order valence-corrected chi connectivity index (χ3v) is 1.65. The van der Waals surface area contributed by atoms with Crippen LogP contribution in [0, 0.1) is 12.3 Å². The van der Waals surface area contributed by atoms with Crippen molar-refractivity contribution in [2.24, 2.45) is 0 Å². The molecule has 1 amide bonds. The first kappa shape index (κ1) is 13.0. The third kappa shape index (κ3) is 9.08. The van der Waals surface area contributed by atoms with E-state index in [1.54, 1.807) is 0 Å². The molecule has 0 aromatic rings. The standard InChI is InChI=1S/C11H19NO2/c1-3-5-6-7-8-12-11(13)10-14-9-4-2/h1H,4-10H2,2H3,(H,12,13). The highest BCUT2D eigenvalue weighted by atomic mass is 16.5. The molecule has 0 atom stereocenters. The van der Waals surface area contributed by atoms with Crippen molar-refractivity contribution in [1.82, 2.24) is 5.32 Å². The van der Waals surface area contributed by atoms with E-state index in [-0.39, 0.29) is 12.5 Å². The van der Waals surface area contributed by atoms with Crippen molar-refractivity contribution in [3.8, 4) is 12.3 Å². The minimum Gasteiger partial charge on any atom is -0.372 e. The second-order valence-electron chi connectivity index (χ2n) is 3.06. The first-order valence-corrected chi connectivity index (χ1v) is 5.09. The fourth-order valence-corrected chi connectivity index (χ4v) is 0.940. The summed E-state index contributed by atoms with van der Waals surface area (Å²) < 4.78 is 5.08. The summed E-state index contributed by atoms with van der Waals surface area (Å²) in [6.07, 6.45) is 8.71. The van der Waals surface area contributed by atoms with Gasteiger partial charge < -0.3 is 10.1 Å². The molecule has 0 rings (SSSR count). The molecule has 0 fully saturated rings. The lowest BCUT2D eigenvalue weighted by atomic mass is 10.2. The van der Waals surface area contributed by atoms with Gasteiger partial charge in [0.2, 0.25) is 5.91 Å². The largest absolute Gasteiger partial charge is 0.372 e. The molecule has 3 nitrogen and oxygen atoms in total. The summed E-state index contributed by atoms with van der Waals surface area (Å²) >= 11 is 0. The smallest absolute Gasteiger partial charge is 0.245 e. The molecule has 0 radical (unpaired) electrons. The Labute approximate surface area is 86.2 Å². The number of ether oxygens (including phenoxy) is 1. The van der Waals surface area contributed by atoms with Crippen LogP contribution in [0.1, 0.15) is 32.6 Å². The molecule has 0 aromatic carbocycles. The minimum absolute atomic E-state index is 0.0424. The number of carbonyl (C=O) groups excluding carboxylic acids is 1. The number of hydrogen-bond donors (Lipinski definition) is 1. The number of hydrogen-bond acceptors (Lipinski definition) is 2. The third-order valence-electron chi connectivity index (χ3n) is 1.65. The summed E-state index contributed by atoms with van der Waals surface area (Å²) in [5.41, 5.74) is 0. The van der Waals surface area contributed by atoms with Gasteiger partial charge in [0.15, 0.2) is 0 Å². The van der Waals surface area contributed by atoms with E-state index in [1.165, 1.54) is 0 Å². The zero-order valence-corrected chi connectivity index (χ0v) is 8.84. The molecule has 0 aromatic heterocycles. The molecular formula is C11H19NO2. The maximum Gasteiger partial charge on any atom is 0.245 e. The van der Waals surface area contributed by atoms with E-state index in [2.05, 4.69) is 11.2 Å². The fraction of sp³-hybridized carbons (Fsp3) is 0.727. The van der Waals surface area contributed by atoms with Crippen molar-refractivity contribution in [3.63, 3.8) is 0 Å². The zero-order valence-electron chi connectivity index (χ0n) is 8.84. The van der Waals surface area contributed by atoms with E-state index in [0.717, 1.165) is 25.7 Å². The van der Waals surface area contributed by atoms with Gasteiger partial charge in [-0.2, -0.15) is 0 Å². The van der Waals surface area contributed by atoms with Crippen LogP contribution in [0.15, 0.2) is 0 Å². The molecule has 80 valence electrons. The van der Waals surface area contributed by atoms with Crippen molar-refractivity contribution in [2.75, 3.05) is 19.8 Å². The first-order valence-electron chi connectivity index (χ1n) is 5.09. The van der Waals surface area contributed by atoms with Gasteiger partial charge in [0.25, 0.3) is 0 Å². The summed E-state index contributed by atoms with van der Waals surface area (Å²) in [6, 6.07) is 0. The lowest BCUT2D eigenvalue weighted by molar-refractivity contribution is -0.125. The van der Waals surface area contributed by atoms with Gasteiger partial charge in [0.1, 0.15) is 6.61 Å². The first-order chi connectivity index (χ1) is 6.81. The van der Waals surface area contributed by atoms with Gasteiger partial charge in [-0.05, 0) is 19.3 Å². The summed E-state index contributed by atoms with van der Waals surface area (Å²) in [4.78, 5) is 11.1. The number of unbranched alkanes of at least 4 members (excludes halogenated alkanes) is 2. The summed E-state index contributed by atoms with van der Waals surface area (Å²) in [6.45, 7) is 3.52.